The van der Waals surface area contributed by atoms with Gasteiger partial charge >= 0.3 is 0 Å². The molecule has 1 aromatic rings. The average molecular weight is 260 g/mol. The molecule has 0 radical (unpaired) electrons. The molecule has 1 heterocycles. The number of hydrogen-bond donors (Lipinski definition) is 2. The van der Waals surface area contributed by atoms with Gasteiger partial charge in [-0.05, 0) is 18.9 Å². The van der Waals surface area contributed by atoms with Crippen LogP contribution in [-0.2, 0) is 16.6 Å². The summed E-state index contributed by atoms with van der Waals surface area (Å²) in [6, 6.07) is 1.84. The van der Waals surface area contributed by atoms with E-state index in [1.807, 2.05) is 19.2 Å². The van der Waals surface area contributed by atoms with Crippen molar-refractivity contribution in [1.82, 2.24) is 14.5 Å². The van der Waals surface area contributed by atoms with Crippen LogP contribution in [-0.4, -0.2) is 36.5 Å². The van der Waals surface area contributed by atoms with Gasteiger partial charge in [-0.2, -0.15) is 5.10 Å². The number of rotatable bonds is 8. The van der Waals surface area contributed by atoms with Crippen molar-refractivity contribution < 1.29 is 8.42 Å². The molecule has 1 unspecified atom stereocenters. The lowest BCUT2D eigenvalue weighted by Gasteiger charge is -2.14. The third-order valence-corrected chi connectivity index (χ3v) is 4.59. The molecule has 0 saturated carbocycles. The lowest BCUT2D eigenvalue weighted by Crippen LogP contribution is -2.39. The topological polar surface area (TPSA) is 90.0 Å². The summed E-state index contributed by atoms with van der Waals surface area (Å²) in [6.45, 7) is 3.10. The van der Waals surface area contributed by atoms with Gasteiger partial charge in [0.2, 0.25) is 10.0 Å². The molecule has 17 heavy (non-hydrogen) atoms. The third kappa shape index (κ3) is 4.45. The highest BCUT2D eigenvalue weighted by molar-refractivity contribution is 7.90. The number of nitrogens with two attached hydrogens (primary N) is 1. The fraction of sp³-hybridized carbons (Fsp3) is 0.700. The van der Waals surface area contributed by atoms with E-state index in [1.54, 1.807) is 10.9 Å². The van der Waals surface area contributed by atoms with E-state index in [-0.39, 0.29) is 6.54 Å². The number of sulfonamides is 1. The van der Waals surface area contributed by atoms with Crippen LogP contribution in [0.1, 0.15) is 19.8 Å². The van der Waals surface area contributed by atoms with Crippen molar-refractivity contribution in [3.05, 3.63) is 18.5 Å². The Bertz CT molecular complexity index is 398. The van der Waals surface area contributed by atoms with E-state index in [1.165, 1.54) is 0 Å². The highest BCUT2D eigenvalue weighted by atomic mass is 32.2. The fourth-order valence-corrected chi connectivity index (χ4v) is 2.88. The molecule has 6 nitrogen and oxygen atoms in total. The molecule has 1 rings (SSSR count). The molecule has 0 amide bonds. The summed E-state index contributed by atoms with van der Waals surface area (Å²) < 4.78 is 27.8. The second-order valence-corrected chi connectivity index (χ2v) is 5.87. The van der Waals surface area contributed by atoms with E-state index >= 15 is 0 Å². The summed E-state index contributed by atoms with van der Waals surface area (Å²) >= 11 is 0. The second kappa shape index (κ2) is 6.73. The molecule has 0 fully saturated rings. The van der Waals surface area contributed by atoms with Gasteiger partial charge in [0.1, 0.15) is 0 Å². The van der Waals surface area contributed by atoms with Crippen molar-refractivity contribution in [1.29, 1.82) is 0 Å². The van der Waals surface area contributed by atoms with Crippen LogP contribution in [0.25, 0.3) is 0 Å². The Morgan fingerprint density at radius 1 is 1.53 bits per heavy atom. The molecular weight excluding hydrogens is 240 g/mol. The van der Waals surface area contributed by atoms with Crippen molar-refractivity contribution in [3.8, 4) is 0 Å². The van der Waals surface area contributed by atoms with Gasteiger partial charge in [-0.15, -0.1) is 0 Å². The zero-order valence-corrected chi connectivity index (χ0v) is 10.9. The minimum absolute atomic E-state index is 0.158. The molecule has 0 aromatic carbocycles. The number of aryl methyl sites for hydroxylation is 1. The standard InChI is InChI=1S/C10H20N4O2S/c1-2-10(9-11)17(15,16)13-6-4-8-14-7-3-5-12-14/h3,5,7,10,13H,2,4,6,8-9,11H2,1H3. The molecule has 0 bridgehead atoms. The van der Waals surface area contributed by atoms with Crippen LogP contribution in [0, 0.1) is 0 Å². The van der Waals surface area contributed by atoms with Crippen LogP contribution >= 0.6 is 0 Å². The third-order valence-electron chi connectivity index (χ3n) is 2.58. The zero-order chi connectivity index (χ0) is 12.7. The maximum absolute atomic E-state index is 11.7. The highest BCUT2D eigenvalue weighted by Gasteiger charge is 2.21. The smallest absolute Gasteiger partial charge is 0.215 e. The molecule has 3 N–H and O–H groups in total. The van der Waals surface area contributed by atoms with Gasteiger partial charge in [0.15, 0.2) is 0 Å². The van der Waals surface area contributed by atoms with E-state index in [9.17, 15) is 8.42 Å². The Balaban J connectivity index is 2.30. The largest absolute Gasteiger partial charge is 0.329 e. The predicted molar refractivity (Wildman–Crippen MR) is 66.9 cm³/mol. The lowest BCUT2D eigenvalue weighted by atomic mass is 10.3. The van der Waals surface area contributed by atoms with Crippen molar-refractivity contribution >= 4 is 10.0 Å². The molecule has 98 valence electrons. The van der Waals surface area contributed by atoms with Crippen molar-refractivity contribution in [2.75, 3.05) is 13.1 Å². The number of nitrogens with zero attached hydrogens (tertiary/aromatic N) is 2. The van der Waals surface area contributed by atoms with Crippen LogP contribution in [0.2, 0.25) is 0 Å². The van der Waals surface area contributed by atoms with E-state index in [0.29, 0.717) is 25.9 Å². The van der Waals surface area contributed by atoms with Crippen LogP contribution in [0.3, 0.4) is 0 Å². The summed E-state index contributed by atoms with van der Waals surface area (Å²) in [5.41, 5.74) is 5.42. The average Bonchev–Trinajstić information content (AvgIpc) is 2.78. The van der Waals surface area contributed by atoms with E-state index < -0.39 is 15.3 Å². The predicted octanol–water partition coefficient (Wildman–Crippen LogP) is -0.0701. The van der Waals surface area contributed by atoms with Gasteiger partial charge in [-0.25, -0.2) is 13.1 Å². The summed E-state index contributed by atoms with van der Waals surface area (Å²) in [5, 5.41) is 3.54. The normalized spacial score (nSPS) is 13.8. The molecule has 1 atom stereocenters. The minimum Gasteiger partial charge on any atom is -0.329 e. The zero-order valence-electron chi connectivity index (χ0n) is 10.0. The van der Waals surface area contributed by atoms with Gasteiger partial charge in [-0.3, -0.25) is 4.68 Å². The first-order valence-electron chi connectivity index (χ1n) is 5.76. The van der Waals surface area contributed by atoms with Gasteiger partial charge in [-0.1, -0.05) is 6.92 Å². The number of nitrogens with one attached hydrogen (secondary N) is 1. The summed E-state index contributed by atoms with van der Waals surface area (Å²) in [5.74, 6) is 0. The summed E-state index contributed by atoms with van der Waals surface area (Å²) in [6.07, 6.45) is 4.79. The fourth-order valence-electron chi connectivity index (χ4n) is 1.52. The van der Waals surface area contributed by atoms with E-state index in [0.717, 1.165) is 0 Å². The quantitative estimate of drug-likeness (QED) is 0.640. The van der Waals surface area contributed by atoms with Gasteiger partial charge in [0.05, 0.1) is 5.25 Å². The van der Waals surface area contributed by atoms with Crippen LogP contribution < -0.4 is 10.5 Å². The number of hydrogen-bond acceptors (Lipinski definition) is 4. The molecule has 0 spiro atoms. The van der Waals surface area contributed by atoms with Gasteiger partial charge in [0, 0.05) is 32.0 Å². The molecule has 0 saturated heterocycles. The first kappa shape index (κ1) is 14.1. The van der Waals surface area contributed by atoms with Gasteiger partial charge < -0.3 is 5.73 Å². The molecule has 1 aromatic heterocycles. The Morgan fingerprint density at radius 2 is 2.29 bits per heavy atom. The molecule has 7 heteroatoms. The summed E-state index contributed by atoms with van der Waals surface area (Å²) in [7, 11) is -3.27. The van der Waals surface area contributed by atoms with Crippen LogP contribution in [0.5, 0.6) is 0 Å². The first-order chi connectivity index (χ1) is 8.10. The first-order valence-corrected chi connectivity index (χ1v) is 7.30. The van der Waals surface area contributed by atoms with Crippen molar-refractivity contribution in [2.24, 2.45) is 5.73 Å². The number of aromatic nitrogens is 2. The molecule has 0 aliphatic carbocycles. The van der Waals surface area contributed by atoms with E-state index in [2.05, 4.69) is 9.82 Å². The summed E-state index contributed by atoms with van der Waals surface area (Å²) in [4.78, 5) is 0. The van der Waals surface area contributed by atoms with Crippen molar-refractivity contribution in [2.45, 2.75) is 31.6 Å². The maximum atomic E-state index is 11.7. The maximum Gasteiger partial charge on any atom is 0.215 e. The minimum atomic E-state index is -3.27. The molecule has 0 aliphatic rings. The van der Waals surface area contributed by atoms with Gasteiger partial charge in [0.25, 0.3) is 0 Å². The lowest BCUT2D eigenvalue weighted by molar-refractivity contribution is 0.541. The second-order valence-electron chi connectivity index (χ2n) is 3.83. The Morgan fingerprint density at radius 3 is 2.82 bits per heavy atom. The van der Waals surface area contributed by atoms with Crippen molar-refractivity contribution in [3.63, 3.8) is 0 Å². The highest BCUT2D eigenvalue weighted by Crippen LogP contribution is 2.02. The van der Waals surface area contributed by atoms with Crippen LogP contribution in [0.4, 0.5) is 0 Å². The molecule has 0 aliphatic heterocycles. The Kier molecular flexibility index (Phi) is 5.60. The molecular formula is C10H20N4O2S. The Labute approximate surface area is 102 Å². The van der Waals surface area contributed by atoms with E-state index in [4.69, 9.17) is 5.73 Å². The Hall–Kier alpha value is -0.920. The van der Waals surface area contributed by atoms with Crippen LogP contribution in [0.15, 0.2) is 18.5 Å². The monoisotopic (exact) mass is 260 g/mol. The SMILES string of the molecule is CCC(CN)S(=O)(=O)NCCCn1cccn1.